The summed E-state index contributed by atoms with van der Waals surface area (Å²) in [5.41, 5.74) is 0.395. The SMILES string of the molecule is COC(=O)C1=CC=C(Br)CC#C1. The second kappa shape index (κ2) is 4.13. The monoisotopic (exact) mass is 226 g/mol. The largest absolute Gasteiger partial charge is 0.465 e. The predicted molar refractivity (Wildman–Crippen MR) is 49.5 cm³/mol. The van der Waals surface area contributed by atoms with Crippen LogP contribution in [0.2, 0.25) is 0 Å². The van der Waals surface area contributed by atoms with Crippen LogP contribution in [0.4, 0.5) is 0 Å². The van der Waals surface area contributed by atoms with Gasteiger partial charge in [0.05, 0.1) is 7.11 Å². The molecule has 1 rings (SSSR count). The van der Waals surface area contributed by atoms with Crippen molar-refractivity contribution in [3.63, 3.8) is 0 Å². The first-order valence-electron chi connectivity index (χ1n) is 3.37. The number of halogens is 1. The normalized spacial score (nSPS) is 14.8. The molecule has 0 bridgehead atoms. The zero-order valence-electron chi connectivity index (χ0n) is 6.56. The van der Waals surface area contributed by atoms with Gasteiger partial charge in [-0.3, -0.25) is 0 Å². The van der Waals surface area contributed by atoms with E-state index in [1.807, 2.05) is 0 Å². The van der Waals surface area contributed by atoms with Crippen molar-refractivity contribution in [1.29, 1.82) is 0 Å². The first-order valence-corrected chi connectivity index (χ1v) is 4.17. The lowest BCUT2D eigenvalue weighted by atomic mass is 10.2. The lowest BCUT2D eigenvalue weighted by Gasteiger charge is -1.93. The van der Waals surface area contributed by atoms with Gasteiger partial charge in [0.25, 0.3) is 0 Å². The van der Waals surface area contributed by atoms with Gasteiger partial charge in [-0.2, -0.15) is 0 Å². The number of hydrogen-bond acceptors (Lipinski definition) is 2. The third-order valence-corrected chi connectivity index (χ3v) is 1.86. The fraction of sp³-hybridized carbons (Fsp3) is 0.222. The van der Waals surface area contributed by atoms with E-state index in [4.69, 9.17) is 0 Å². The Bertz CT molecular complexity index is 315. The van der Waals surface area contributed by atoms with E-state index in [1.165, 1.54) is 7.11 Å². The summed E-state index contributed by atoms with van der Waals surface area (Å²) in [5.74, 6) is 5.16. The van der Waals surface area contributed by atoms with Crippen LogP contribution >= 0.6 is 15.9 Å². The summed E-state index contributed by atoms with van der Waals surface area (Å²) in [4.78, 5) is 11.0. The molecular formula is C9H7BrO2. The predicted octanol–water partition coefficient (Wildman–Crippen LogP) is 1.77. The van der Waals surface area contributed by atoms with Gasteiger partial charge in [0.2, 0.25) is 0 Å². The van der Waals surface area contributed by atoms with Gasteiger partial charge in [-0.05, 0) is 12.2 Å². The maximum Gasteiger partial charge on any atom is 0.346 e. The second-order valence-corrected chi connectivity index (χ2v) is 3.18. The second-order valence-electron chi connectivity index (χ2n) is 2.16. The number of hydrogen-bond donors (Lipinski definition) is 0. The van der Waals surface area contributed by atoms with Crippen LogP contribution in [0, 0.1) is 11.8 Å². The average molecular weight is 227 g/mol. The molecule has 0 aromatic heterocycles. The molecule has 1 aliphatic rings. The minimum atomic E-state index is -0.388. The Labute approximate surface area is 79.4 Å². The third kappa shape index (κ3) is 2.24. The van der Waals surface area contributed by atoms with Gasteiger partial charge >= 0.3 is 5.97 Å². The molecule has 3 heteroatoms. The molecule has 0 saturated carbocycles. The van der Waals surface area contributed by atoms with Crippen molar-refractivity contribution in [2.75, 3.05) is 7.11 Å². The maximum atomic E-state index is 11.0. The highest BCUT2D eigenvalue weighted by Gasteiger charge is 2.06. The molecule has 0 unspecified atom stereocenters. The molecule has 0 aromatic rings. The Morgan fingerprint density at radius 1 is 1.67 bits per heavy atom. The van der Waals surface area contributed by atoms with E-state index in [9.17, 15) is 4.79 Å². The van der Waals surface area contributed by atoms with Crippen LogP contribution in [0.15, 0.2) is 22.2 Å². The van der Waals surface area contributed by atoms with E-state index in [1.54, 1.807) is 12.2 Å². The van der Waals surface area contributed by atoms with Gasteiger partial charge in [0, 0.05) is 10.9 Å². The molecule has 0 N–H and O–H groups in total. The van der Waals surface area contributed by atoms with Crippen LogP contribution in [0.1, 0.15) is 6.42 Å². The topological polar surface area (TPSA) is 26.3 Å². The van der Waals surface area contributed by atoms with Gasteiger partial charge < -0.3 is 4.74 Å². The third-order valence-electron chi connectivity index (χ3n) is 1.32. The molecule has 0 amide bonds. The molecular weight excluding hydrogens is 220 g/mol. The van der Waals surface area contributed by atoms with Crippen LogP contribution in [0.25, 0.3) is 0 Å². The summed E-state index contributed by atoms with van der Waals surface area (Å²) in [6, 6.07) is 0. The van der Waals surface area contributed by atoms with Crippen LogP contribution in [0.3, 0.4) is 0 Å². The van der Waals surface area contributed by atoms with Crippen molar-refractivity contribution >= 4 is 21.9 Å². The number of carbonyl (C=O) groups is 1. The lowest BCUT2D eigenvalue weighted by Crippen LogP contribution is -2.02. The van der Waals surface area contributed by atoms with Crippen LogP contribution in [-0.4, -0.2) is 13.1 Å². The molecule has 2 nitrogen and oxygen atoms in total. The molecule has 0 spiro atoms. The zero-order valence-corrected chi connectivity index (χ0v) is 8.14. The van der Waals surface area contributed by atoms with E-state index < -0.39 is 0 Å². The van der Waals surface area contributed by atoms with Crippen molar-refractivity contribution in [1.82, 2.24) is 0 Å². The Morgan fingerprint density at radius 2 is 2.42 bits per heavy atom. The quantitative estimate of drug-likeness (QED) is 0.504. The van der Waals surface area contributed by atoms with E-state index in [0.717, 1.165) is 4.48 Å². The fourth-order valence-corrected chi connectivity index (χ4v) is 1.000. The Balaban J connectivity index is 2.89. The van der Waals surface area contributed by atoms with Crippen LogP contribution < -0.4 is 0 Å². The van der Waals surface area contributed by atoms with Crippen molar-refractivity contribution in [2.24, 2.45) is 0 Å². The van der Waals surface area contributed by atoms with E-state index in [-0.39, 0.29) is 5.97 Å². The standard InChI is InChI=1S/C9H7BrO2/c1-12-9(11)7-3-2-4-8(10)6-5-7/h5-6H,4H2,1H3. The van der Waals surface area contributed by atoms with E-state index in [2.05, 4.69) is 32.5 Å². The summed E-state index contributed by atoms with van der Waals surface area (Å²) in [7, 11) is 1.34. The van der Waals surface area contributed by atoms with Gasteiger partial charge in [0.1, 0.15) is 5.57 Å². The highest BCUT2D eigenvalue weighted by Crippen LogP contribution is 2.13. The van der Waals surface area contributed by atoms with Crippen molar-refractivity contribution in [3.8, 4) is 11.8 Å². The van der Waals surface area contributed by atoms with Crippen molar-refractivity contribution < 1.29 is 9.53 Å². The molecule has 0 aliphatic heterocycles. The molecule has 0 atom stereocenters. The Hall–Kier alpha value is -1.01. The molecule has 0 aromatic carbocycles. The summed E-state index contributed by atoms with van der Waals surface area (Å²) in [6.45, 7) is 0. The molecule has 0 heterocycles. The summed E-state index contributed by atoms with van der Waals surface area (Å²) >= 11 is 3.30. The average Bonchev–Trinajstić information content (AvgIpc) is 2.29. The Kier molecular flexibility index (Phi) is 3.12. The van der Waals surface area contributed by atoms with Crippen molar-refractivity contribution in [2.45, 2.75) is 6.42 Å². The highest BCUT2D eigenvalue weighted by atomic mass is 79.9. The molecule has 1 aliphatic carbocycles. The lowest BCUT2D eigenvalue weighted by molar-refractivity contribution is -0.135. The molecule has 12 heavy (non-hydrogen) atoms. The summed E-state index contributed by atoms with van der Waals surface area (Å²) in [6.07, 6.45) is 4.08. The number of ether oxygens (including phenoxy) is 1. The minimum Gasteiger partial charge on any atom is -0.465 e. The summed E-state index contributed by atoms with van der Waals surface area (Å²) < 4.78 is 5.49. The highest BCUT2D eigenvalue weighted by molar-refractivity contribution is 9.11. The Morgan fingerprint density at radius 3 is 3.08 bits per heavy atom. The molecule has 0 radical (unpaired) electrons. The van der Waals surface area contributed by atoms with Gasteiger partial charge in [-0.1, -0.05) is 27.8 Å². The fourth-order valence-electron chi connectivity index (χ4n) is 0.727. The number of rotatable bonds is 1. The number of esters is 1. The van der Waals surface area contributed by atoms with Gasteiger partial charge in [-0.15, -0.1) is 0 Å². The first-order chi connectivity index (χ1) is 5.74. The van der Waals surface area contributed by atoms with E-state index in [0.29, 0.717) is 12.0 Å². The number of methoxy groups -OCH3 is 1. The van der Waals surface area contributed by atoms with Crippen LogP contribution in [-0.2, 0) is 9.53 Å². The smallest absolute Gasteiger partial charge is 0.346 e. The minimum absolute atomic E-state index is 0.388. The van der Waals surface area contributed by atoms with Crippen LogP contribution in [0.5, 0.6) is 0 Å². The molecule has 0 saturated heterocycles. The number of allylic oxidation sites excluding steroid dienone is 3. The van der Waals surface area contributed by atoms with Crippen molar-refractivity contribution in [3.05, 3.63) is 22.2 Å². The van der Waals surface area contributed by atoms with Gasteiger partial charge in [-0.25, -0.2) is 4.79 Å². The molecule has 0 fully saturated rings. The molecule has 62 valence electrons. The summed E-state index contributed by atoms with van der Waals surface area (Å²) in [5, 5.41) is 0. The van der Waals surface area contributed by atoms with E-state index >= 15 is 0 Å². The maximum absolute atomic E-state index is 11.0. The zero-order chi connectivity index (χ0) is 8.97. The number of carbonyl (C=O) groups excluding carboxylic acids is 1. The first kappa shape index (κ1) is 9.08. The van der Waals surface area contributed by atoms with Gasteiger partial charge in [0.15, 0.2) is 0 Å².